The maximum Gasteiger partial charge on any atom is 3.00 e. The fraction of sp³-hybridized carbons (Fsp3) is 0.833. The molecule has 0 radical (unpaired) electrons. The number of aliphatic carboxylic acids is 3. The molecule has 0 spiro atoms. The Labute approximate surface area is 307 Å². The summed E-state index contributed by atoms with van der Waals surface area (Å²) in [4.78, 5) is 68.7. The number of carbonyl (C=O) groups excluding carboxylic acids is 6. The Morgan fingerprint density at radius 1 is 0.408 bits per heavy atom. The van der Waals surface area contributed by atoms with Crippen molar-refractivity contribution >= 4 is 55.0 Å². The Morgan fingerprint density at radius 2 is 0.612 bits per heavy atom. The molecule has 13 heteroatoms. The van der Waals surface area contributed by atoms with Crippen molar-refractivity contribution in [2.24, 2.45) is 0 Å². The van der Waals surface area contributed by atoms with Crippen molar-refractivity contribution in [3.8, 4) is 0 Å². The number of Topliss-reactive ketones (excluding diaryl/α,β-unsaturated/α-hetero) is 3. The first-order chi connectivity index (χ1) is 22.6. The van der Waals surface area contributed by atoms with Crippen LogP contribution in [0.15, 0.2) is 0 Å². The first kappa shape index (κ1) is 53.7. The maximum atomic E-state index is 11.8. The fourth-order valence-electron chi connectivity index (χ4n) is 4.55. The monoisotopic (exact) mass is 756 g/mol. The third-order valence-electron chi connectivity index (χ3n) is 7.80. The second-order valence-corrected chi connectivity index (χ2v) is 11.5. The molecule has 0 aromatic carbocycles. The second-order valence-electron chi connectivity index (χ2n) is 11.5. The van der Waals surface area contributed by atoms with Crippen LogP contribution >= 0.6 is 0 Å². The molecule has 0 heterocycles. The van der Waals surface area contributed by atoms with Gasteiger partial charge in [-0.25, -0.2) is 0 Å². The molecule has 282 valence electrons. The van der Waals surface area contributed by atoms with Crippen molar-refractivity contribution in [1.29, 1.82) is 0 Å². The number of unbranched alkanes of at least 4 members (excludes halogenated alkanes) is 3. The van der Waals surface area contributed by atoms with Gasteiger partial charge in [0.15, 0.2) is 34.2 Å². The number of rotatable bonds is 27. The molecule has 0 saturated heterocycles. The third kappa shape index (κ3) is 18.1. The van der Waals surface area contributed by atoms with Gasteiger partial charge in [-0.05, 0) is 57.8 Å². The minimum atomic E-state index is -1.73. The molecule has 12 nitrogen and oxygen atoms in total. The summed E-state index contributed by atoms with van der Waals surface area (Å²) in [6.45, 7) is 17.2. The number of carbonyl (C=O) groups is 6. The predicted octanol–water partition coefficient (Wildman–Crippen LogP) is 2.83. The summed E-state index contributed by atoms with van der Waals surface area (Å²) in [5, 5.41) is 33.3. The van der Waals surface area contributed by atoms with E-state index in [0.29, 0.717) is 19.3 Å². The fourth-order valence-corrected chi connectivity index (χ4v) is 4.55. The third-order valence-corrected chi connectivity index (χ3v) is 7.80. The van der Waals surface area contributed by atoms with Crippen LogP contribution in [0, 0.1) is 0 Å². The van der Waals surface area contributed by atoms with Gasteiger partial charge < -0.3 is 43.9 Å². The smallest absolute Gasteiger partial charge is 0.546 e. The summed E-state index contributed by atoms with van der Waals surface area (Å²) in [6, 6.07) is 0. The summed E-state index contributed by atoms with van der Waals surface area (Å²) in [5.74, 6) is -5.38. The molecular weight excluding hydrogens is 694 g/mol. The molecule has 0 bridgehead atoms. The van der Waals surface area contributed by atoms with Crippen molar-refractivity contribution in [3.05, 3.63) is 0 Å². The molecule has 49 heavy (non-hydrogen) atoms. The summed E-state index contributed by atoms with van der Waals surface area (Å²) in [5.41, 5.74) is -5.19. The number of hydrogen-bond acceptors (Lipinski definition) is 12. The average Bonchev–Trinajstić information content (AvgIpc) is 3.04. The van der Waals surface area contributed by atoms with Crippen molar-refractivity contribution in [2.45, 2.75) is 175 Å². The number of hydrogen-bond donors (Lipinski definition) is 0. The summed E-state index contributed by atoms with van der Waals surface area (Å²) in [7, 11) is 0. The van der Waals surface area contributed by atoms with Crippen LogP contribution in [0.4, 0.5) is 0 Å². The van der Waals surface area contributed by atoms with Crippen LogP contribution in [0.2, 0.25) is 0 Å². The molecule has 0 aromatic rings. The van der Waals surface area contributed by atoms with Crippen LogP contribution in [0.5, 0.6) is 0 Å². The van der Waals surface area contributed by atoms with E-state index < -0.39 is 34.7 Å². The van der Waals surface area contributed by atoms with Gasteiger partial charge in [-0.2, -0.15) is 0 Å². The largest absolute Gasteiger partial charge is 3.00 e. The van der Waals surface area contributed by atoms with Crippen LogP contribution in [0.3, 0.4) is 0 Å². The van der Waals surface area contributed by atoms with Gasteiger partial charge in [0.05, 0.1) is 17.9 Å². The minimum Gasteiger partial charge on any atom is -0.546 e. The SMILES string of the molecule is CCCCOC(CC)(C(=O)[O-])C(=O)CCC.CCCCOC(CC)(C(=O)[O-])C(=O)CCC.CCCCOC(CC)(C(=O)[O-])C(=O)CCC.[Ga+3]. The zero-order chi connectivity index (χ0) is 37.8. The number of ether oxygens (including phenoxy) is 3. The first-order valence-electron chi connectivity index (χ1n) is 17.8. The van der Waals surface area contributed by atoms with Crippen LogP contribution < -0.4 is 15.3 Å². The van der Waals surface area contributed by atoms with Gasteiger partial charge in [-0.1, -0.05) is 81.6 Å². The average molecular weight is 758 g/mol. The minimum absolute atomic E-state index is 0. The summed E-state index contributed by atoms with van der Waals surface area (Å²) >= 11 is 0. The van der Waals surface area contributed by atoms with Crippen LogP contribution in [0.25, 0.3) is 0 Å². The van der Waals surface area contributed by atoms with E-state index in [0.717, 1.165) is 38.5 Å². The van der Waals surface area contributed by atoms with E-state index in [1.165, 1.54) is 0 Å². The van der Waals surface area contributed by atoms with Gasteiger partial charge in [-0.3, -0.25) is 14.4 Å². The van der Waals surface area contributed by atoms with Crippen molar-refractivity contribution in [3.63, 3.8) is 0 Å². The maximum absolute atomic E-state index is 11.8. The van der Waals surface area contributed by atoms with Gasteiger partial charge in [0.2, 0.25) is 0 Å². The summed E-state index contributed by atoms with van der Waals surface area (Å²) in [6.07, 6.45) is 7.79. The molecule has 0 N–H and O–H groups in total. The quantitative estimate of drug-likeness (QED) is 0.0676. The van der Waals surface area contributed by atoms with Crippen LogP contribution in [-0.2, 0) is 43.0 Å². The van der Waals surface area contributed by atoms with Gasteiger partial charge >= 0.3 is 19.8 Å². The van der Waals surface area contributed by atoms with E-state index in [2.05, 4.69) is 0 Å². The molecular formula is C36H63GaO12. The Balaban J connectivity index is -0.000000307. The van der Waals surface area contributed by atoms with Gasteiger partial charge in [0, 0.05) is 39.1 Å². The topological polar surface area (TPSA) is 199 Å². The van der Waals surface area contributed by atoms with Gasteiger partial charge in [0.1, 0.15) is 0 Å². The van der Waals surface area contributed by atoms with Crippen molar-refractivity contribution < 1.29 is 58.3 Å². The van der Waals surface area contributed by atoms with E-state index in [9.17, 15) is 44.1 Å². The van der Waals surface area contributed by atoms with Crippen LogP contribution in [0.1, 0.15) is 159 Å². The Kier molecular flexibility index (Phi) is 33.7. The number of carboxylic acids is 3. The Morgan fingerprint density at radius 3 is 0.735 bits per heavy atom. The Bertz CT molecular complexity index is 837. The molecule has 0 rings (SSSR count). The molecule has 3 unspecified atom stereocenters. The normalized spacial score (nSPS) is 14.1. The Hall–Kier alpha value is -2.06. The zero-order valence-corrected chi connectivity index (χ0v) is 34.1. The standard InChI is InChI=1S/3C12H22O4.Ga/c3*1-4-7-9-16-12(6-3,11(14)15)10(13)8-5-2;/h3*4-9H2,1-3H3,(H,14,15);/q;;;+3/p-3. The van der Waals surface area contributed by atoms with E-state index >= 15 is 0 Å². The zero-order valence-electron chi connectivity index (χ0n) is 31.7. The van der Waals surface area contributed by atoms with Crippen LogP contribution in [-0.4, -0.2) is 91.7 Å². The second kappa shape index (κ2) is 30.7. The molecule has 0 aliphatic heterocycles. The number of carboxylic acid groups (broad SMARTS) is 3. The van der Waals surface area contributed by atoms with E-state index in [1.807, 2.05) is 41.5 Å². The van der Waals surface area contributed by atoms with Gasteiger partial charge in [-0.15, -0.1) is 0 Å². The molecule has 0 saturated carbocycles. The molecule has 0 aliphatic carbocycles. The molecule has 0 aliphatic rings. The number of ketones is 3. The molecule has 3 atom stereocenters. The first-order valence-corrected chi connectivity index (χ1v) is 17.8. The molecule has 0 aromatic heterocycles. The van der Waals surface area contributed by atoms with E-state index in [-0.39, 0.29) is 95.5 Å². The summed E-state index contributed by atoms with van der Waals surface area (Å²) < 4.78 is 15.9. The van der Waals surface area contributed by atoms with Crippen molar-refractivity contribution in [1.82, 2.24) is 0 Å². The molecule has 0 fully saturated rings. The van der Waals surface area contributed by atoms with E-state index in [4.69, 9.17) is 14.2 Å². The molecule has 0 amide bonds. The van der Waals surface area contributed by atoms with E-state index in [1.54, 1.807) is 20.8 Å². The van der Waals surface area contributed by atoms with Gasteiger partial charge in [0.25, 0.3) is 0 Å². The van der Waals surface area contributed by atoms with Crippen molar-refractivity contribution in [2.75, 3.05) is 19.8 Å². The predicted molar refractivity (Wildman–Crippen MR) is 182 cm³/mol.